The maximum Gasteiger partial charge on any atom is 0.417 e. The molecule has 0 bridgehead atoms. The van der Waals surface area contributed by atoms with E-state index in [1.807, 2.05) is 0 Å². The summed E-state index contributed by atoms with van der Waals surface area (Å²) >= 11 is 0. The van der Waals surface area contributed by atoms with Gasteiger partial charge in [0.25, 0.3) is 0 Å². The third kappa shape index (κ3) is 10.7. The van der Waals surface area contributed by atoms with E-state index in [1.54, 1.807) is 119 Å². The second-order valence-electron chi connectivity index (χ2n) is 24.7. The number of benzene rings is 5. The first-order chi connectivity index (χ1) is 31.2. The van der Waals surface area contributed by atoms with Gasteiger partial charge in [-0.1, -0.05) is 173 Å². The molecule has 12 heteroatoms. The minimum atomic E-state index is -5.47. The SMILES string of the molecule is CC(C)(C)c1cccc(C(C)(C)C)c1-c1c(-c2c(C(F)(F)F)cccc2C(F)(F)F)c(C(C)(C)C)c(-c2c(C(C)(C)C)cccc2C(C)(C)C)c(-c2c(C(F)(F)F)cccc2C(F)(F)F)c1C(C)(C)C. The molecule has 0 heterocycles. The fourth-order valence-corrected chi connectivity index (χ4v) is 9.98. The van der Waals surface area contributed by atoms with Crippen molar-refractivity contribution >= 4 is 0 Å². The maximum atomic E-state index is 16.1. The molecule has 0 N–H and O–H groups in total. The lowest BCUT2D eigenvalue weighted by Gasteiger charge is -2.42. The number of alkyl halides is 12. The van der Waals surface area contributed by atoms with E-state index in [1.165, 1.54) is 41.5 Å². The Morgan fingerprint density at radius 2 is 0.343 bits per heavy atom. The van der Waals surface area contributed by atoms with Crippen molar-refractivity contribution in [3.63, 3.8) is 0 Å². The van der Waals surface area contributed by atoms with E-state index in [4.69, 9.17) is 0 Å². The lowest BCUT2D eigenvalue weighted by molar-refractivity contribution is -0.143. The molecule has 5 rings (SSSR count). The Labute approximate surface area is 406 Å². The van der Waals surface area contributed by atoms with Gasteiger partial charge >= 0.3 is 24.7 Å². The summed E-state index contributed by atoms with van der Waals surface area (Å²) in [7, 11) is 0. The summed E-state index contributed by atoms with van der Waals surface area (Å²) in [6.45, 7) is 30.6. The molecule has 0 radical (unpaired) electrons. The van der Waals surface area contributed by atoms with Gasteiger partial charge in [-0.05, 0) is 124 Å². The van der Waals surface area contributed by atoms with E-state index in [9.17, 15) is 0 Å². The summed E-state index contributed by atoms with van der Waals surface area (Å²) in [5.41, 5.74) is -17.0. The molecule has 0 unspecified atom stereocenters. The first kappa shape index (κ1) is 56.2. The van der Waals surface area contributed by atoms with Gasteiger partial charge in [0.05, 0.1) is 22.3 Å². The smallest absolute Gasteiger partial charge is 0.166 e. The Kier molecular flexibility index (Phi) is 14.0. The standard InChI is InChI=1S/C58H66F12/c1-49(2,3)31-23-19-24-32(50(4,5)6)39(31)43-45(41-35(55(59,60)61)27-21-28-36(41)56(62,63)64)48(54(16,17)18)44(40-33(51(7,8)9)25-20-26-34(40)52(10,11)12)46(47(43)53(13,14)15)42-37(57(65,66)67)29-22-30-38(42)58(68,69)70/h19-30H,1-18H3. The highest BCUT2D eigenvalue weighted by atomic mass is 19.4. The average molecular weight is 991 g/mol. The molecule has 5 aromatic carbocycles. The molecule has 0 fully saturated rings. The van der Waals surface area contributed by atoms with Crippen LogP contribution in [0.4, 0.5) is 52.7 Å². The highest BCUT2D eigenvalue weighted by Crippen LogP contribution is 2.63. The second-order valence-corrected chi connectivity index (χ2v) is 24.7. The Balaban J connectivity index is 2.68. The van der Waals surface area contributed by atoms with Crippen LogP contribution < -0.4 is 0 Å². The lowest BCUT2D eigenvalue weighted by atomic mass is 9.61. The molecule has 0 aliphatic carbocycles. The van der Waals surface area contributed by atoms with Gasteiger partial charge in [0.15, 0.2) is 0 Å². The van der Waals surface area contributed by atoms with Crippen molar-refractivity contribution in [2.45, 2.75) is 182 Å². The van der Waals surface area contributed by atoms with Gasteiger partial charge in [-0.2, -0.15) is 52.7 Å². The molecule has 0 amide bonds. The van der Waals surface area contributed by atoms with Crippen molar-refractivity contribution < 1.29 is 52.7 Å². The number of hydrogen-bond donors (Lipinski definition) is 0. The van der Waals surface area contributed by atoms with Gasteiger partial charge in [0.2, 0.25) is 0 Å². The molecule has 0 aliphatic rings. The minimum absolute atomic E-state index is 0.115. The molecular weight excluding hydrogens is 925 g/mol. The topological polar surface area (TPSA) is 0 Å². The third-order valence-corrected chi connectivity index (χ3v) is 12.7. The van der Waals surface area contributed by atoms with Crippen LogP contribution in [-0.4, -0.2) is 0 Å². The van der Waals surface area contributed by atoms with Crippen molar-refractivity contribution in [3.05, 3.63) is 128 Å². The zero-order chi connectivity index (χ0) is 53.9. The normalized spacial score (nSPS) is 14.1. The molecule has 0 aromatic heterocycles. The van der Waals surface area contributed by atoms with Crippen molar-refractivity contribution in [1.29, 1.82) is 0 Å². The van der Waals surface area contributed by atoms with Gasteiger partial charge in [-0.3, -0.25) is 0 Å². The van der Waals surface area contributed by atoms with Crippen LogP contribution in [0.1, 0.15) is 180 Å². The molecule has 0 saturated heterocycles. The van der Waals surface area contributed by atoms with Crippen molar-refractivity contribution in [2.75, 3.05) is 0 Å². The Morgan fingerprint density at radius 3 is 0.471 bits per heavy atom. The van der Waals surface area contributed by atoms with E-state index < -0.39 is 102 Å². The van der Waals surface area contributed by atoms with Crippen LogP contribution in [0.25, 0.3) is 44.5 Å². The molecule has 0 atom stereocenters. The van der Waals surface area contributed by atoms with E-state index in [0.717, 1.165) is 0 Å². The van der Waals surface area contributed by atoms with Crippen LogP contribution in [0.3, 0.4) is 0 Å². The van der Waals surface area contributed by atoms with Crippen LogP contribution >= 0.6 is 0 Å². The largest absolute Gasteiger partial charge is 0.417 e. The van der Waals surface area contributed by atoms with E-state index in [-0.39, 0.29) is 33.4 Å². The molecule has 5 aromatic rings. The summed E-state index contributed by atoms with van der Waals surface area (Å²) in [4.78, 5) is 0. The Hall–Kier alpha value is -4.74. The maximum absolute atomic E-state index is 16.1. The van der Waals surface area contributed by atoms with Crippen molar-refractivity contribution in [2.24, 2.45) is 0 Å². The quantitative estimate of drug-likeness (QED) is 0.157. The summed E-state index contributed by atoms with van der Waals surface area (Å²) < 4.78 is 193. The predicted octanol–water partition coefficient (Wildman–Crippen LogP) is 20.2. The predicted molar refractivity (Wildman–Crippen MR) is 260 cm³/mol. The van der Waals surface area contributed by atoms with Crippen LogP contribution in [-0.2, 0) is 57.2 Å². The molecule has 0 spiro atoms. The molecule has 0 aliphatic heterocycles. The summed E-state index contributed by atoms with van der Waals surface area (Å²) in [5.74, 6) is 0. The number of hydrogen-bond acceptors (Lipinski definition) is 0. The zero-order valence-corrected chi connectivity index (χ0v) is 43.5. The Bertz CT molecular complexity index is 2290. The van der Waals surface area contributed by atoms with Crippen LogP contribution in [0, 0.1) is 0 Å². The minimum Gasteiger partial charge on any atom is -0.166 e. The van der Waals surface area contributed by atoms with Gasteiger partial charge in [-0.25, -0.2) is 0 Å². The summed E-state index contributed by atoms with van der Waals surface area (Å²) in [6, 6.07) is 13.6. The van der Waals surface area contributed by atoms with E-state index in [2.05, 4.69) is 0 Å². The van der Waals surface area contributed by atoms with Gasteiger partial charge < -0.3 is 0 Å². The van der Waals surface area contributed by atoms with Crippen LogP contribution in [0.2, 0.25) is 0 Å². The number of halogens is 12. The van der Waals surface area contributed by atoms with Gasteiger partial charge in [0, 0.05) is 11.1 Å². The fourth-order valence-electron chi connectivity index (χ4n) is 9.98. The zero-order valence-electron chi connectivity index (χ0n) is 43.5. The molecule has 0 saturated carbocycles. The monoisotopic (exact) mass is 990 g/mol. The summed E-state index contributed by atoms with van der Waals surface area (Å²) in [5, 5.41) is 0. The average Bonchev–Trinajstić information content (AvgIpc) is 3.15. The lowest BCUT2D eigenvalue weighted by Crippen LogP contribution is -2.28. The highest BCUT2D eigenvalue weighted by molar-refractivity contribution is 6.07. The van der Waals surface area contributed by atoms with Crippen LogP contribution in [0.15, 0.2) is 72.8 Å². The van der Waals surface area contributed by atoms with Crippen LogP contribution in [0.5, 0.6) is 0 Å². The van der Waals surface area contributed by atoms with E-state index in [0.29, 0.717) is 58.7 Å². The molecular formula is C58H66F12. The van der Waals surface area contributed by atoms with E-state index >= 15 is 52.7 Å². The second kappa shape index (κ2) is 17.5. The third-order valence-electron chi connectivity index (χ3n) is 12.7. The van der Waals surface area contributed by atoms with Crippen molar-refractivity contribution in [3.8, 4) is 44.5 Å². The highest BCUT2D eigenvalue weighted by Gasteiger charge is 2.50. The Morgan fingerprint density at radius 1 is 0.200 bits per heavy atom. The first-order valence-corrected chi connectivity index (χ1v) is 23.2. The molecule has 0 nitrogen and oxygen atoms in total. The van der Waals surface area contributed by atoms with Gasteiger partial charge in [0.1, 0.15) is 0 Å². The fraction of sp³-hybridized carbons (Fsp3) is 0.483. The molecule has 382 valence electrons. The first-order valence-electron chi connectivity index (χ1n) is 23.2. The van der Waals surface area contributed by atoms with Crippen molar-refractivity contribution in [1.82, 2.24) is 0 Å². The summed E-state index contributed by atoms with van der Waals surface area (Å²) in [6.07, 6.45) is -21.9. The molecule has 70 heavy (non-hydrogen) atoms. The van der Waals surface area contributed by atoms with Gasteiger partial charge in [-0.15, -0.1) is 0 Å². The number of rotatable bonds is 4.